The van der Waals surface area contributed by atoms with Gasteiger partial charge in [-0.15, -0.1) is 0 Å². The number of unbranched alkanes of at least 4 members (excludes halogenated alkanes) is 42. The van der Waals surface area contributed by atoms with Gasteiger partial charge in [-0.2, -0.15) is 0 Å². The van der Waals surface area contributed by atoms with Crippen LogP contribution in [0.15, 0.2) is 0 Å². The molecule has 0 aromatic carbocycles. The van der Waals surface area contributed by atoms with Crippen LogP contribution >= 0.6 is 0 Å². The smallest absolute Gasteiger partial charge is 0.306 e. The van der Waals surface area contributed by atoms with Crippen LogP contribution in [0.3, 0.4) is 0 Å². The van der Waals surface area contributed by atoms with Gasteiger partial charge in [0.2, 0.25) is 0 Å². The molecule has 0 spiro atoms. The Morgan fingerprint density at radius 2 is 0.662 bits per heavy atom. The average Bonchev–Trinajstić information content (AvgIpc) is 3.69. The summed E-state index contributed by atoms with van der Waals surface area (Å²) in [5, 5.41) is 10.9. The van der Waals surface area contributed by atoms with E-state index in [0.717, 1.165) is 57.8 Å². The lowest BCUT2D eigenvalue weighted by Gasteiger charge is -2.28. The lowest BCUT2D eigenvalue weighted by Crippen LogP contribution is -2.46. The van der Waals surface area contributed by atoms with Crippen molar-refractivity contribution in [3.63, 3.8) is 0 Å². The molecule has 8 nitrogen and oxygen atoms in total. The number of hydrogen-bond acceptors (Lipinski definition) is 8. The average molecular weight is 964 g/mol. The molecule has 0 amide bonds. The zero-order valence-corrected chi connectivity index (χ0v) is 45.5. The topological polar surface area (TPSA) is 108 Å². The van der Waals surface area contributed by atoms with Gasteiger partial charge in [0, 0.05) is 19.3 Å². The van der Waals surface area contributed by atoms with E-state index in [-0.39, 0.29) is 44.0 Å². The predicted molar refractivity (Wildman–Crippen MR) is 285 cm³/mol. The Kier molecular flexibility index (Phi) is 47.6. The first-order valence-electron chi connectivity index (χ1n) is 30.3. The fraction of sp³-hybridized carbons (Fsp3) is 0.950. The molecule has 1 heterocycles. The molecule has 68 heavy (non-hydrogen) atoms. The van der Waals surface area contributed by atoms with Crippen molar-refractivity contribution in [2.45, 2.75) is 353 Å². The number of hydrogen-bond donors (Lipinski definition) is 1. The van der Waals surface area contributed by atoms with Gasteiger partial charge in [0.1, 0.15) is 18.8 Å². The van der Waals surface area contributed by atoms with E-state index < -0.39 is 24.4 Å². The van der Waals surface area contributed by atoms with Crippen molar-refractivity contribution < 1.29 is 38.4 Å². The number of carbonyl (C=O) groups is 3. The predicted octanol–water partition coefficient (Wildman–Crippen LogP) is 17.9. The van der Waals surface area contributed by atoms with Crippen LogP contribution in [0.25, 0.3) is 0 Å². The molecule has 0 aromatic heterocycles. The largest absolute Gasteiger partial charge is 0.462 e. The van der Waals surface area contributed by atoms with Gasteiger partial charge >= 0.3 is 17.9 Å². The van der Waals surface area contributed by atoms with Crippen molar-refractivity contribution in [3.8, 4) is 0 Å². The van der Waals surface area contributed by atoms with Gasteiger partial charge in [0.25, 0.3) is 0 Å². The van der Waals surface area contributed by atoms with Gasteiger partial charge in [-0.3, -0.25) is 14.4 Å². The SMILES string of the molecule is CCCCCCCCCCCCCCCCCC(=O)OC[C@@H](OC(=O)CCCCCCCCCCCCCCCCC)C1OC[C@H](O)[C@H]1OC(=O)CCCCCCCCCCCCCCCCC. The minimum atomic E-state index is -1.04. The molecule has 0 saturated carbocycles. The van der Waals surface area contributed by atoms with Gasteiger partial charge in [-0.05, 0) is 19.3 Å². The van der Waals surface area contributed by atoms with Crippen molar-refractivity contribution in [3.05, 3.63) is 0 Å². The summed E-state index contributed by atoms with van der Waals surface area (Å²) in [6.45, 7) is 6.58. The minimum Gasteiger partial charge on any atom is -0.462 e. The van der Waals surface area contributed by atoms with Crippen LogP contribution in [0.1, 0.15) is 329 Å². The Bertz CT molecular complexity index is 1100. The van der Waals surface area contributed by atoms with Crippen LogP contribution in [-0.4, -0.2) is 60.6 Å². The van der Waals surface area contributed by atoms with E-state index in [2.05, 4.69) is 20.8 Å². The van der Waals surface area contributed by atoms with E-state index in [1.165, 1.54) is 231 Å². The second kappa shape index (κ2) is 50.3. The third-order valence-electron chi connectivity index (χ3n) is 14.4. The molecular formula is C60H114O8. The maximum absolute atomic E-state index is 13.2. The van der Waals surface area contributed by atoms with E-state index in [1.54, 1.807) is 0 Å². The quantitative estimate of drug-likeness (QED) is 0.0365. The third kappa shape index (κ3) is 41.0. The van der Waals surface area contributed by atoms with Crippen molar-refractivity contribution in [1.29, 1.82) is 0 Å². The molecule has 1 fully saturated rings. The molecule has 0 aliphatic carbocycles. The molecule has 8 heteroatoms. The lowest BCUT2D eigenvalue weighted by molar-refractivity contribution is -0.177. The van der Waals surface area contributed by atoms with Crippen LogP contribution in [-0.2, 0) is 33.3 Å². The molecule has 4 atom stereocenters. The first-order valence-corrected chi connectivity index (χ1v) is 30.3. The number of aliphatic hydroxyl groups excluding tert-OH is 1. The lowest BCUT2D eigenvalue weighted by atomic mass is 10.0. The minimum absolute atomic E-state index is 0.0399. The summed E-state index contributed by atoms with van der Waals surface area (Å²) in [6, 6.07) is 0. The van der Waals surface area contributed by atoms with E-state index in [0.29, 0.717) is 6.42 Å². The molecule has 1 aliphatic heterocycles. The van der Waals surface area contributed by atoms with Crippen molar-refractivity contribution >= 4 is 17.9 Å². The maximum Gasteiger partial charge on any atom is 0.306 e. The Morgan fingerprint density at radius 3 is 0.971 bits per heavy atom. The fourth-order valence-electron chi connectivity index (χ4n) is 9.89. The van der Waals surface area contributed by atoms with Gasteiger partial charge in [-0.1, -0.05) is 290 Å². The molecule has 1 N–H and O–H groups in total. The van der Waals surface area contributed by atoms with Crippen molar-refractivity contribution in [2.75, 3.05) is 13.2 Å². The van der Waals surface area contributed by atoms with Crippen molar-refractivity contribution in [1.82, 2.24) is 0 Å². The molecule has 1 rings (SSSR count). The molecule has 0 aromatic rings. The highest BCUT2D eigenvalue weighted by atomic mass is 16.6. The Labute approximate surface area is 421 Å². The monoisotopic (exact) mass is 963 g/mol. The number of rotatable bonds is 53. The van der Waals surface area contributed by atoms with Gasteiger partial charge in [0.05, 0.1) is 6.61 Å². The number of carbonyl (C=O) groups excluding carboxylic acids is 3. The van der Waals surface area contributed by atoms with E-state index in [1.807, 2.05) is 0 Å². The summed E-state index contributed by atoms with van der Waals surface area (Å²) in [5.74, 6) is -1.09. The normalized spacial score (nSPS) is 16.3. The van der Waals surface area contributed by atoms with Crippen LogP contribution < -0.4 is 0 Å². The van der Waals surface area contributed by atoms with E-state index in [9.17, 15) is 19.5 Å². The zero-order valence-electron chi connectivity index (χ0n) is 45.5. The van der Waals surface area contributed by atoms with E-state index in [4.69, 9.17) is 18.9 Å². The Hall–Kier alpha value is -1.67. The first-order chi connectivity index (χ1) is 33.4. The zero-order chi connectivity index (χ0) is 49.2. The number of esters is 3. The summed E-state index contributed by atoms with van der Waals surface area (Å²) >= 11 is 0. The Balaban J connectivity index is 2.45. The number of aliphatic hydroxyl groups is 1. The number of ether oxygens (including phenoxy) is 4. The van der Waals surface area contributed by atoms with E-state index >= 15 is 0 Å². The summed E-state index contributed by atoms with van der Waals surface area (Å²) in [7, 11) is 0. The first kappa shape index (κ1) is 64.3. The molecule has 0 bridgehead atoms. The molecule has 402 valence electrons. The maximum atomic E-state index is 13.2. The van der Waals surface area contributed by atoms with Crippen LogP contribution in [0.2, 0.25) is 0 Å². The molecular weight excluding hydrogens is 849 g/mol. The van der Waals surface area contributed by atoms with Gasteiger partial charge < -0.3 is 24.1 Å². The second-order valence-corrected chi connectivity index (χ2v) is 21.1. The van der Waals surface area contributed by atoms with Gasteiger partial charge in [0.15, 0.2) is 12.2 Å². The van der Waals surface area contributed by atoms with Crippen molar-refractivity contribution in [2.24, 2.45) is 0 Å². The highest BCUT2D eigenvalue weighted by Crippen LogP contribution is 2.26. The molecule has 0 radical (unpaired) electrons. The fourth-order valence-corrected chi connectivity index (χ4v) is 9.89. The summed E-state index contributed by atoms with van der Waals surface area (Å²) < 4.78 is 23.4. The highest BCUT2D eigenvalue weighted by Gasteiger charge is 2.46. The summed E-state index contributed by atoms with van der Waals surface area (Å²) in [4.78, 5) is 39.2. The van der Waals surface area contributed by atoms with Crippen LogP contribution in [0.5, 0.6) is 0 Å². The van der Waals surface area contributed by atoms with Gasteiger partial charge in [-0.25, -0.2) is 0 Å². The van der Waals surface area contributed by atoms with Crippen LogP contribution in [0.4, 0.5) is 0 Å². The second-order valence-electron chi connectivity index (χ2n) is 21.1. The standard InChI is InChI=1S/C60H114O8/c1-4-7-10-13-16-19-22-25-28-31-34-37-40-43-46-49-56(62)65-53-55(67-57(63)50-47-44-41-38-35-32-29-26-23-20-17-14-11-8-5-2)60-59(54(61)52-66-60)68-58(64)51-48-45-42-39-36-33-30-27-24-21-18-15-12-9-6-3/h54-55,59-61H,4-53H2,1-3H3/t54-,55+,59+,60?/m0/s1. The van der Waals surface area contributed by atoms with Crippen LogP contribution in [0, 0.1) is 0 Å². The Morgan fingerprint density at radius 1 is 0.397 bits per heavy atom. The third-order valence-corrected chi connectivity index (χ3v) is 14.4. The highest BCUT2D eigenvalue weighted by molar-refractivity contribution is 5.71. The molecule has 1 saturated heterocycles. The summed E-state index contributed by atoms with van der Waals surface area (Å²) in [6.07, 6.45) is 53.4. The molecule has 1 unspecified atom stereocenters. The summed E-state index contributed by atoms with van der Waals surface area (Å²) in [5.41, 5.74) is 0. The molecule has 1 aliphatic rings.